The van der Waals surface area contributed by atoms with Gasteiger partial charge in [0.05, 0.1) is 0 Å². The second-order valence-electron chi connectivity index (χ2n) is 4.09. The van der Waals surface area contributed by atoms with Crippen LogP contribution in [0, 0.1) is 0 Å². The van der Waals surface area contributed by atoms with Gasteiger partial charge in [-0.05, 0) is 25.5 Å². The minimum absolute atomic E-state index is 0.0627. The summed E-state index contributed by atoms with van der Waals surface area (Å²) in [5.41, 5.74) is 0.672. The van der Waals surface area contributed by atoms with Crippen LogP contribution in [0.25, 0.3) is 0 Å². The summed E-state index contributed by atoms with van der Waals surface area (Å²) in [4.78, 5) is 17.5. The van der Waals surface area contributed by atoms with Crippen LogP contribution < -0.4 is 4.90 Å². The Hall–Kier alpha value is -1.38. The summed E-state index contributed by atoms with van der Waals surface area (Å²) in [6.07, 6.45) is 5.30. The SMILES string of the molecule is CCCCCN(C)c1ccc(C(C)=O)cn1. The van der Waals surface area contributed by atoms with E-state index in [-0.39, 0.29) is 5.78 Å². The third-order valence-corrected chi connectivity index (χ3v) is 2.64. The maximum absolute atomic E-state index is 11.1. The van der Waals surface area contributed by atoms with Gasteiger partial charge in [0, 0.05) is 25.4 Å². The van der Waals surface area contributed by atoms with Crippen molar-refractivity contribution in [1.82, 2.24) is 4.98 Å². The van der Waals surface area contributed by atoms with E-state index in [0.29, 0.717) is 5.56 Å². The highest BCUT2D eigenvalue weighted by Gasteiger charge is 2.03. The monoisotopic (exact) mass is 220 g/mol. The quantitative estimate of drug-likeness (QED) is 0.546. The summed E-state index contributed by atoms with van der Waals surface area (Å²) in [5, 5.41) is 0. The fourth-order valence-corrected chi connectivity index (χ4v) is 1.53. The first-order chi connectivity index (χ1) is 7.65. The number of carbonyl (C=O) groups excluding carboxylic acids is 1. The first-order valence-corrected chi connectivity index (χ1v) is 5.83. The van der Waals surface area contributed by atoms with Crippen LogP contribution in [-0.4, -0.2) is 24.4 Å². The number of nitrogens with zero attached hydrogens (tertiary/aromatic N) is 2. The molecule has 16 heavy (non-hydrogen) atoms. The summed E-state index contributed by atoms with van der Waals surface area (Å²) in [7, 11) is 2.03. The number of carbonyl (C=O) groups is 1. The lowest BCUT2D eigenvalue weighted by Crippen LogP contribution is -2.19. The molecule has 0 aliphatic carbocycles. The smallest absolute Gasteiger partial charge is 0.161 e. The van der Waals surface area contributed by atoms with E-state index in [1.165, 1.54) is 19.3 Å². The topological polar surface area (TPSA) is 33.2 Å². The van der Waals surface area contributed by atoms with Gasteiger partial charge in [-0.25, -0.2) is 4.98 Å². The van der Waals surface area contributed by atoms with Gasteiger partial charge < -0.3 is 4.90 Å². The predicted octanol–water partition coefficient (Wildman–Crippen LogP) is 2.91. The maximum Gasteiger partial charge on any atom is 0.161 e. The molecule has 3 nitrogen and oxygen atoms in total. The first kappa shape index (κ1) is 12.7. The van der Waals surface area contributed by atoms with E-state index in [2.05, 4.69) is 16.8 Å². The zero-order valence-electron chi connectivity index (χ0n) is 10.4. The van der Waals surface area contributed by atoms with Gasteiger partial charge >= 0.3 is 0 Å². The molecule has 0 amide bonds. The molecule has 1 aromatic heterocycles. The minimum atomic E-state index is 0.0627. The van der Waals surface area contributed by atoms with Crippen molar-refractivity contribution in [3.8, 4) is 0 Å². The van der Waals surface area contributed by atoms with Crippen LogP contribution >= 0.6 is 0 Å². The third-order valence-electron chi connectivity index (χ3n) is 2.64. The number of rotatable bonds is 6. The highest BCUT2D eigenvalue weighted by molar-refractivity contribution is 5.93. The van der Waals surface area contributed by atoms with Gasteiger partial charge in [0.25, 0.3) is 0 Å². The lowest BCUT2D eigenvalue weighted by atomic mass is 10.2. The van der Waals surface area contributed by atoms with Gasteiger partial charge in [0.1, 0.15) is 5.82 Å². The third kappa shape index (κ3) is 3.65. The van der Waals surface area contributed by atoms with E-state index >= 15 is 0 Å². The molecular formula is C13H20N2O. The summed E-state index contributed by atoms with van der Waals surface area (Å²) < 4.78 is 0. The predicted molar refractivity (Wildman–Crippen MR) is 67.0 cm³/mol. The van der Waals surface area contributed by atoms with Gasteiger partial charge in [0.15, 0.2) is 5.78 Å². The Morgan fingerprint density at radius 1 is 1.38 bits per heavy atom. The number of ketones is 1. The molecule has 0 fully saturated rings. The number of hydrogen-bond donors (Lipinski definition) is 0. The van der Waals surface area contributed by atoms with Crippen molar-refractivity contribution >= 4 is 11.6 Å². The highest BCUT2D eigenvalue weighted by Crippen LogP contribution is 2.11. The normalized spacial score (nSPS) is 10.2. The Balaban J connectivity index is 2.56. The van der Waals surface area contributed by atoms with Crippen molar-refractivity contribution in [2.24, 2.45) is 0 Å². The Kier molecular flexibility index (Phi) is 4.96. The fraction of sp³-hybridized carbons (Fsp3) is 0.538. The summed E-state index contributed by atoms with van der Waals surface area (Å²) in [6.45, 7) is 4.77. The van der Waals surface area contributed by atoms with Crippen LogP contribution in [-0.2, 0) is 0 Å². The first-order valence-electron chi connectivity index (χ1n) is 5.83. The Morgan fingerprint density at radius 2 is 2.12 bits per heavy atom. The molecule has 0 saturated heterocycles. The summed E-state index contributed by atoms with van der Waals surface area (Å²) >= 11 is 0. The van der Waals surface area contributed by atoms with Gasteiger partial charge in [-0.15, -0.1) is 0 Å². The molecule has 0 radical (unpaired) electrons. The fourth-order valence-electron chi connectivity index (χ4n) is 1.53. The van der Waals surface area contributed by atoms with E-state index in [1.54, 1.807) is 13.1 Å². The van der Waals surface area contributed by atoms with Gasteiger partial charge in [-0.1, -0.05) is 19.8 Å². The number of aromatic nitrogens is 1. The molecule has 0 aliphatic rings. The van der Waals surface area contributed by atoms with Crippen molar-refractivity contribution in [2.45, 2.75) is 33.1 Å². The number of anilines is 1. The van der Waals surface area contributed by atoms with E-state index in [1.807, 2.05) is 19.2 Å². The van der Waals surface area contributed by atoms with Gasteiger partial charge in [-0.3, -0.25) is 4.79 Å². The van der Waals surface area contributed by atoms with Crippen LogP contribution in [0.15, 0.2) is 18.3 Å². The molecule has 1 aromatic rings. The molecule has 88 valence electrons. The van der Waals surface area contributed by atoms with Gasteiger partial charge in [-0.2, -0.15) is 0 Å². The standard InChI is InChI=1S/C13H20N2O/c1-4-5-6-9-15(3)13-8-7-12(10-14-13)11(2)16/h7-8,10H,4-6,9H2,1-3H3. The molecule has 0 atom stereocenters. The molecule has 0 aromatic carbocycles. The highest BCUT2D eigenvalue weighted by atomic mass is 16.1. The number of pyridine rings is 1. The van der Waals surface area contributed by atoms with E-state index in [0.717, 1.165) is 12.4 Å². The number of unbranched alkanes of at least 4 members (excludes halogenated alkanes) is 2. The van der Waals surface area contributed by atoms with E-state index in [4.69, 9.17) is 0 Å². The van der Waals surface area contributed by atoms with Crippen molar-refractivity contribution < 1.29 is 4.79 Å². The van der Waals surface area contributed by atoms with Crippen LogP contribution in [0.3, 0.4) is 0 Å². The Morgan fingerprint density at radius 3 is 2.62 bits per heavy atom. The molecule has 1 heterocycles. The van der Waals surface area contributed by atoms with Crippen LogP contribution in [0.4, 0.5) is 5.82 Å². The lowest BCUT2D eigenvalue weighted by Gasteiger charge is -2.17. The maximum atomic E-state index is 11.1. The Bertz CT molecular complexity index is 332. The molecular weight excluding hydrogens is 200 g/mol. The average Bonchev–Trinajstić information content (AvgIpc) is 2.29. The van der Waals surface area contributed by atoms with Crippen LogP contribution in [0.1, 0.15) is 43.5 Å². The molecule has 0 aliphatic heterocycles. The van der Waals surface area contributed by atoms with Crippen molar-refractivity contribution in [1.29, 1.82) is 0 Å². The second kappa shape index (κ2) is 6.26. The zero-order valence-corrected chi connectivity index (χ0v) is 10.4. The Labute approximate surface area is 97.5 Å². The second-order valence-corrected chi connectivity index (χ2v) is 4.09. The molecule has 0 bridgehead atoms. The van der Waals surface area contributed by atoms with E-state index in [9.17, 15) is 4.79 Å². The summed E-state index contributed by atoms with van der Waals surface area (Å²) in [6, 6.07) is 3.74. The average molecular weight is 220 g/mol. The van der Waals surface area contributed by atoms with Gasteiger partial charge in [0.2, 0.25) is 0 Å². The molecule has 0 unspecified atom stereocenters. The van der Waals surface area contributed by atoms with Crippen LogP contribution in [0.5, 0.6) is 0 Å². The van der Waals surface area contributed by atoms with E-state index < -0.39 is 0 Å². The van der Waals surface area contributed by atoms with Crippen molar-refractivity contribution in [3.05, 3.63) is 23.9 Å². The summed E-state index contributed by atoms with van der Waals surface area (Å²) in [5.74, 6) is 0.994. The number of Topliss-reactive ketones (excluding diaryl/α,β-unsaturated/α-hetero) is 1. The van der Waals surface area contributed by atoms with Crippen molar-refractivity contribution in [2.75, 3.05) is 18.5 Å². The van der Waals surface area contributed by atoms with Crippen LogP contribution in [0.2, 0.25) is 0 Å². The number of hydrogen-bond acceptors (Lipinski definition) is 3. The van der Waals surface area contributed by atoms with Crippen molar-refractivity contribution in [3.63, 3.8) is 0 Å². The zero-order chi connectivity index (χ0) is 12.0. The largest absolute Gasteiger partial charge is 0.360 e. The molecule has 0 saturated carbocycles. The minimum Gasteiger partial charge on any atom is -0.360 e. The lowest BCUT2D eigenvalue weighted by molar-refractivity contribution is 0.101. The molecule has 3 heteroatoms. The molecule has 1 rings (SSSR count). The molecule has 0 N–H and O–H groups in total. The molecule has 0 spiro atoms.